The summed E-state index contributed by atoms with van der Waals surface area (Å²) in [6.07, 6.45) is -1.19. The highest BCUT2D eigenvalue weighted by Gasteiger charge is 2.25. The van der Waals surface area contributed by atoms with Crippen molar-refractivity contribution in [2.45, 2.75) is 32.0 Å². The molecule has 0 aromatic carbocycles. The van der Waals surface area contributed by atoms with Crippen molar-refractivity contribution in [3.63, 3.8) is 0 Å². The highest BCUT2D eigenvalue weighted by molar-refractivity contribution is 7.16. The third-order valence-corrected chi connectivity index (χ3v) is 3.82. The predicted octanol–water partition coefficient (Wildman–Crippen LogP) is 1.60. The number of nitrogens with one attached hydrogen (secondary N) is 2. The number of halogens is 1. The summed E-state index contributed by atoms with van der Waals surface area (Å²) in [6, 6.07) is 1.18. The molecule has 8 heteroatoms. The van der Waals surface area contributed by atoms with Gasteiger partial charge in [-0.15, -0.1) is 11.3 Å². The minimum Gasteiger partial charge on any atom is -0.480 e. The lowest BCUT2D eigenvalue weighted by Gasteiger charge is -2.19. The fourth-order valence-corrected chi connectivity index (χ4v) is 2.46. The van der Waals surface area contributed by atoms with Crippen molar-refractivity contribution in [1.82, 2.24) is 10.6 Å². The smallest absolute Gasteiger partial charge is 0.328 e. The Morgan fingerprint density at radius 1 is 1.32 bits per heavy atom. The molecule has 0 fully saturated rings. The molecule has 0 aliphatic rings. The van der Waals surface area contributed by atoms with Gasteiger partial charge in [0.2, 0.25) is 0 Å². The Labute approximate surface area is 119 Å². The molecule has 106 valence electrons. The van der Waals surface area contributed by atoms with E-state index < -0.39 is 24.1 Å². The summed E-state index contributed by atoms with van der Waals surface area (Å²) in [7, 11) is 0. The van der Waals surface area contributed by atoms with Crippen molar-refractivity contribution in [3.8, 4) is 0 Å². The zero-order chi connectivity index (χ0) is 14.6. The van der Waals surface area contributed by atoms with Crippen LogP contribution in [0.2, 0.25) is 4.34 Å². The fourth-order valence-electron chi connectivity index (χ4n) is 1.40. The van der Waals surface area contributed by atoms with E-state index in [2.05, 4.69) is 10.6 Å². The van der Waals surface area contributed by atoms with Crippen LogP contribution in [0.4, 0.5) is 4.79 Å². The molecular formula is C11H15ClN2O4S. The Morgan fingerprint density at radius 3 is 2.37 bits per heavy atom. The Hall–Kier alpha value is -1.31. The molecule has 1 unspecified atom stereocenters. The molecule has 0 spiro atoms. The van der Waals surface area contributed by atoms with Gasteiger partial charge in [-0.1, -0.05) is 11.6 Å². The van der Waals surface area contributed by atoms with E-state index in [9.17, 15) is 14.7 Å². The van der Waals surface area contributed by atoms with Crippen LogP contribution in [0.25, 0.3) is 0 Å². The topological polar surface area (TPSA) is 98.7 Å². The number of rotatable bonds is 5. The van der Waals surface area contributed by atoms with Crippen molar-refractivity contribution in [1.29, 1.82) is 0 Å². The van der Waals surface area contributed by atoms with Crippen LogP contribution in [-0.2, 0) is 4.79 Å². The van der Waals surface area contributed by atoms with Crippen molar-refractivity contribution in [3.05, 3.63) is 21.3 Å². The molecule has 19 heavy (non-hydrogen) atoms. The number of aliphatic hydroxyl groups excluding tert-OH is 1. The molecule has 6 nitrogen and oxygen atoms in total. The average Bonchev–Trinajstić information content (AvgIpc) is 2.72. The van der Waals surface area contributed by atoms with Crippen molar-refractivity contribution in [2.75, 3.05) is 0 Å². The second-order valence-corrected chi connectivity index (χ2v) is 5.78. The first-order valence-electron chi connectivity index (χ1n) is 5.54. The Bertz CT molecular complexity index is 463. The van der Waals surface area contributed by atoms with Gasteiger partial charge in [0.15, 0.2) is 6.04 Å². The normalized spacial score (nSPS) is 15.4. The third kappa shape index (κ3) is 4.70. The lowest BCUT2D eigenvalue weighted by atomic mass is 10.2. The molecule has 0 saturated heterocycles. The minimum absolute atomic E-state index is 0.305. The van der Waals surface area contributed by atoms with Gasteiger partial charge in [-0.3, -0.25) is 0 Å². The van der Waals surface area contributed by atoms with Gasteiger partial charge in [-0.05, 0) is 26.0 Å². The lowest BCUT2D eigenvalue weighted by molar-refractivity contribution is -0.141. The maximum atomic E-state index is 11.6. The van der Waals surface area contributed by atoms with Crippen molar-refractivity contribution < 1.29 is 19.8 Å². The molecule has 1 rings (SSSR count). The zero-order valence-corrected chi connectivity index (χ0v) is 12.0. The van der Waals surface area contributed by atoms with Crippen LogP contribution in [0.15, 0.2) is 12.1 Å². The molecule has 1 aromatic heterocycles. The summed E-state index contributed by atoms with van der Waals surface area (Å²) in [5.41, 5.74) is 0. The summed E-state index contributed by atoms with van der Waals surface area (Å²) in [4.78, 5) is 23.3. The molecule has 1 heterocycles. The Balaban J connectivity index is 2.57. The van der Waals surface area contributed by atoms with Crippen molar-refractivity contribution in [2.24, 2.45) is 0 Å². The van der Waals surface area contributed by atoms with Gasteiger partial charge in [-0.25, -0.2) is 9.59 Å². The van der Waals surface area contributed by atoms with E-state index in [1.165, 1.54) is 18.3 Å². The predicted molar refractivity (Wildman–Crippen MR) is 72.5 cm³/mol. The number of aliphatic carboxylic acids is 1. The molecule has 0 bridgehead atoms. The van der Waals surface area contributed by atoms with Crippen LogP contribution in [-0.4, -0.2) is 34.4 Å². The molecular weight excluding hydrogens is 292 g/mol. The zero-order valence-electron chi connectivity index (χ0n) is 10.4. The van der Waals surface area contributed by atoms with Gasteiger partial charge < -0.3 is 20.8 Å². The standard InChI is InChI=1S/C11H15ClN2O4S/c1-5(7-3-4-8(12)19-7)13-11(18)14-9(6(2)15)10(16)17/h3-6,9,15H,1-2H3,(H,16,17)(H2,13,14,18)/t5?,6-,9+/m1/s1. The van der Waals surface area contributed by atoms with Crippen LogP contribution >= 0.6 is 22.9 Å². The summed E-state index contributed by atoms with van der Waals surface area (Å²) in [5.74, 6) is -1.29. The highest BCUT2D eigenvalue weighted by Crippen LogP contribution is 2.26. The quantitative estimate of drug-likeness (QED) is 0.664. The van der Waals surface area contributed by atoms with E-state index in [0.29, 0.717) is 4.34 Å². The molecule has 0 aliphatic carbocycles. The number of hydrogen-bond acceptors (Lipinski definition) is 4. The van der Waals surface area contributed by atoms with Gasteiger partial charge >= 0.3 is 12.0 Å². The minimum atomic E-state index is -1.35. The summed E-state index contributed by atoms with van der Waals surface area (Å²) in [5, 5.41) is 22.8. The molecule has 0 aliphatic heterocycles. The van der Waals surface area contributed by atoms with Crippen LogP contribution < -0.4 is 10.6 Å². The number of carbonyl (C=O) groups excluding carboxylic acids is 1. The van der Waals surface area contributed by atoms with Crippen LogP contribution in [0.5, 0.6) is 0 Å². The lowest BCUT2D eigenvalue weighted by Crippen LogP contribution is -2.51. The largest absolute Gasteiger partial charge is 0.480 e. The summed E-state index contributed by atoms with van der Waals surface area (Å²) < 4.78 is 0.608. The van der Waals surface area contributed by atoms with E-state index in [1.807, 2.05) is 0 Å². The average molecular weight is 307 g/mol. The number of thiophene rings is 1. The Morgan fingerprint density at radius 2 is 1.95 bits per heavy atom. The van der Waals surface area contributed by atoms with Crippen LogP contribution in [0, 0.1) is 0 Å². The number of hydrogen-bond donors (Lipinski definition) is 4. The number of amides is 2. The van der Waals surface area contributed by atoms with Gasteiger partial charge in [0.1, 0.15) is 0 Å². The van der Waals surface area contributed by atoms with Gasteiger partial charge in [-0.2, -0.15) is 0 Å². The maximum Gasteiger partial charge on any atom is 0.328 e. The van der Waals surface area contributed by atoms with Crippen molar-refractivity contribution >= 4 is 34.9 Å². The van der Waals surface area contributed by atoms with E-state index >= 15 is 0 Å². The second kappa shape index (κ2) is 6.74. The molecule has 3 atom stereocenters. The van der Waals surface area contributed by atoms with E-state index in [0.717, 1.165) is 4.88 Å². The van der Waals surface area contributed by atoms with E-state index in [1.54, 1.807) is 19.1 Å². The van der Waals surface area contributed by atoms with E-state index in [-0.39, 0.29) is 6.04 Å². The molecule has 0 saturated carbocycles. The number of urea groups is 1. The molecule has 4 N–H and O–H groups in total. The number of aliphatic hydroxyl groups is 1. The molecule has 2 amide bonds. The first-order chi connectivity index (χ1) is 8.81. The van der Waals surface area contributed by atoms with Gasteiger partial charge in [0, 0.05) is 4.88 Å². The van der Waals surface area contributed by atoms with Gasteiger partial charge in [0.05, 0.1) is 16.5 Å². The molecule has 0 radical (unpaired) electrons. The first kappa shape index (κ1) is 15.7. The van der Waals surface area contributed by atoms with Crippen LogP contribution in [0.3, 0.4) is 0 Å². The fraction of sp³-hybridized carbons (Fsp3) is 0.455. The van der Waals surface area contributed by atoms with Gasteiger partial charge in [0.25, 0.3) is 0 Å². The molecule has 1 aromatic rings. The summed E-state index contributed by atoms with van der Waals surface area (Å²) in [6.45, 7) is 3.04. The number of carboxylic acid groups (broad SMARTS) is 1. The highest BCUT2D eigenvalue weighted by atomic mass is 35.5. The third-order valence-electron chi connectivity index (χ3n) is 2.40. The SMILES string of the molecule is CC(NC(=O)N[C@H](C(=O)O)[C@@H](C)O)c1ccc(Cl)s1. The second-order valence-electron chi connectivity index (χ2n) is 4.04. The monoisotopic (exact) mass is 306 g/mol. The maximum absolute atomic E-state index is 11.6. The number of carbonyl (C=O) groups is 2. The van der Waals surface area contributed by atoms with Crippen LogP contribution in [0.1, 0.15) is 24.8 Å². The van der Waals surface area contributed by atoms with E-state index in [4.69, 9.17) is 16.7 Å². The number of carboxylic acids is 1. The first-order valence-corrected chi connectivity index (χ1v) is 6.74. The summed E-state index contributed by atoms with van der Waals surface area (Å²) >= 11 is 7.11. The Kier molecular flexibility index (Phi) is 5.59.